The molecule has 0 saturated carbocycles. The van der Waals surface area contributed by atoms with Crippen LogP contribution in [-0.2, 0) is 0 Å². The summed E-state index contributed by atoms with van der Waals surface area (Å²) in [5.74, 6) is 1.30. The molecule has 8 nitrogen and oxygen atoms in total. The van der Waals surface area contributed by atoms with Crippen LogP contribution in [0, 0.1) is 50.9 Å². The van der Waals surface area contributed by atoms with Crippen LogP contribution in [0.5, 0.6) is 0 Å². The maximum absolute atomic E-state index is 14.0. The van der Waals surface area contributed by atoms with E-state index in [9.17, 15) is 10.1 Å². The van der Waals surface area contributed by atoms with Crippen molar-refractivity contribution in [1.29, 1.82) is 5.26 Å². The van der Waals surface area contributed by atoms with Gasteiger partial charge in [-0.2, -0.15) is 10.4 Å². The van der Waals surface area contributed by atoms with Gasteiger partial charge < -0.3 is 14.8 Å². The van der Waals surface area contributed by atoms with Crippen molar-refractivity contribution < 1.29 is 4.79 Å². The summed E-state index contributed by atoms with van der Waals surface area (Å²) in [6.07, 6.45) is 4.95. The molecule has 1 aromatic carbocycles. The highest BCUT2D eigenvalue weighted by Crippen LogP contribution is 2.35. The fourth-order valence-corrected chi connectivity index (χ4v) is 6.45. The number of nitrogens with one attached hydrogen (secondary N) is 1. The first-order valence-corrected chi connectivity index (χ1v) is 13.7. The normalized spacial score (nSPS) is 21.9. The molecule has 2 aliphatic heterocycles. The molecule has 38 heavy (non-hydrogen) atoms. The van der Waals surface area contributed by atoms with Crippen LogP contribution in [0.2, 0.25) is 0 Å². The molecule has 2 aliphatic rings. The fraction of sp³-hybridized carbons (Fsp3) is 0.467. The van der Waals surface area contributed by atoms with E-state index in [1.165, 1.54) is 5.56 Å². The second kappa shape index (κ2) is 9.16. The van der Waals surface area contributed by atoms with E-state index >= 15 is 0 Å². The molecule has 6 rings (SSSR count). The number of benzene rings is 1. The maximum Gasteiger partial charge on any atom is 0.271 e. The molecule has 3 aromatic heterocycles. The summed E-state index contributed by atoms with van der Waals surface area (Å²) in [6.45, 7) is 12.7. The summed E-state index contributed by atoms with van der Waals surface area (Å²) < 4.78 is 1.84. The molecule has 2 saturated heterocycles. The number of H-pyrrole nitrogens is 1. The first-order chi connectivity index (χ1) is 18.3. The molecule has 5 heterocycles. The number of nitriles is 1. The number of carbonyl (C=O) groups excluding carboxylic acids is 1. The Balaban J connectivity index is 1.35. The lowest BCUT2D eigenvalue weighted by Gasteiger charge is -2.34. The number of aromatic nitrogens is 4. The zero-order chi connectivity index (χ0) is 26.7. The molecule has 2 fully saturated rings. The molecule has 0 radical (unpaired) electrons. The molecule has 1 amide bonds. The van der Waals surface area contributed by atoms with Crippen molar-refractivity contribution in [3.8, 4) is 6.07 Å². The summed E-state index contributed by atoms with van der Waals surface area (Å²) in [6, 6.07) is 8.61. The lowest BCUT2D eigenvalue weighted by atomic mass is 9.98. The summed E-state index contributed by atoms with van der Waals surface area (Å²) in [7, 11) is 0. The average Bonchev–Trinajstić information content (AvgIpc) is 3.60. The van der Waals surface area contributed by atoms with Gasteiger partial charge in [0.1, 0.15) is 11.5 Å². The Morgan fingerprint density at radius 3 is 2.63 bits per heavy atom. The van der Waals surface area contributed by atoms with Crippen LogP contribution in [0.15, 0.2) is 24.4 Å². The Bertz CT molecular complexity index is 1610. The minimum absolute atomic E-state index is 0.0235. The number of rotatable bonds is 3. The van der Waals surface area contributed by atoms with Gasteiger partial charge in [-0.05, 0) is 69.6 Å². The van der Waals surface area contributed by atoms with Gasteiger partial charge in [0.25, 0.3) is 5.91 Å². The van der Waals surface area contributed by atoms with Gasteiger partial charge in [0, 0.05) is 48.4 Å². The van der Waals surface area contributed by atoms with Gasteiger partial charge in [-0.15, -0.1) is 0 Å². The fourth-order valence-electron chi connectivity index (χ4n) is 6.45. The zero-order valence-corrected chi connectivity index (χ0v) is 22.9. The Hall–Kier alpha value is -3.86. The second-order valence-corrected chi connectivity index (χ2v) is 11.3. The van der Waals surface area contributed by atoms with Crippen LogP contribution in [-0.4, -0.2) is 50.0 Å². The number of hydrogen-bond donors (Lipinski definition) is 1. The molecule has 0 spiro atoms. The third-order valence-electron chi connectivity index (χ3n) is 8.64. The predicted octanol–water partition coefficient (Wildman–Crippen LogP) is 5.41. The van der Waals surface area contributed by atoms with E-state index in [0.29, 0.717) is 24.7 Å². The Labute approximate surface area is 223 Å². The standard InChI is InChI=1S/C30H35N7O/c1-17-9-10-18(2)27-26(17)21(5)28(33-27)30(38)36-11-7-6-8-24(36)23-12-25-32-29(20(4)15-37(25)34-23)35-14-19(3)22(13-31)16-35/h9-10,12,15,19,22,24,33H,6-8,11,14,16H2,1-5H3/t19-,22+,24-/m0/s1. The summed E-state index contributed by atoms with van der Waals surface area (Å²) in [4.78, 5) is 26.7. The Morgan fingerprint density at radius 2 is 1.89 bits per heavy atom. The molecule has 0 bridgehead atoms. The van der Waals surface area contributed by atoms with Gasteiger partial charge in [-0.25, -0.2) is 9.50 Å². The third kappa shape index (κ3) is 3.84. The second-order valence-electron chi connectivity index (χ2n) is 11.3. The van der Waals surface area contributed by atoms with Crippen molar-refractivity contribution in [3.63, 3.8) is 0 Å². The SMILES string of the molecule is Cc1cn2nc([C@@H]3CCCCN3C(=O)c3[nH]c4c(C)ccc(C)c4c3C)cc2nc1N1C[C@@H](C#N)[C@@H](C)C1. The highest BCUT2D eigenvalue weighted by molar-refractivity contribution is 6.02. The van der Waals surface area contributed by atoms with E-state index in [1.54, 1.807) is 0 Å². The van der Waals surface area contributed by atoms with E-state index < -0.39 is 0 Å². The van der Waals surface area contributed by atoms with E-state index in [1.807, 2.05) is 35.5 Å². The van der Waals surface area contributed by atoms with E-state index in [0.717, 1.165) is 70.6 Å². The smallest absolute Gasteiger partial charge is 0.271 e. The molecular formula is C30H35N7O. The first-order valence-electron chi connectivity index (χ1n) is 13.7. The van der Waals surface area contributed by atoms with Crippen LogP contribution in [0.1, 0.15) is 70.7 Å². The lowest BCUT2D eigenvalue weighted by Crippen LogP contribution is -2.39. The molecule has 0 aliphatic carbocycles. The highest BCUT2D eigenvalue weighted by Gasteiger charge is 2.34. The zero-order valence-electron chi connectivity index (χ0n) is 22.9. The van der Waals surface area contributed by atoms with Crippen molar-refractivity contribution in [2.24, 2.45) is 11.8 Å². The molecule has 4 aromatic rings. The number of piperidine rings is 1. The van der Waals surface area contributed by atoms with Gasteiger partial charge in [0.15, 0.2) is 5.65 Å². The van der Waals surface area contributed by atoms with Gasteiger partial charge in [-0.3, -0.25) is 4.79 Å². The lowest BCUT2D eigenvalue weighted by molar-refractivity contribution is 0.0600. The summed E-state index contributed by atoms with van der Waals surface area (Å²) in [5.41, 5.74) is 7.77. The largest absolute Gasteiger partial charge is 0.355 e. The molecule has 1 N–H and O–H groups in total. The molecule has 8 heteroatoms. The van der Waals surface area contributed by atoms with Crippen molar-refractivity contribution in [2.45, 2.75) is 59.9 Å². The minimum atomic E-state index is -0.0931. The Kier molecular flexibility index (Phi) is 5.90. The maximum atomic E-state index is 14.0. The quantitative estimate of drug-likeness (QED) is 0.399. The number of hydrogen-bond acceptors (Lipinski definition) is 5. The van der Waals surface area contributed by atoms with Crippen LogP contribution in [0.4, 0.5) is 5.82 Å². The number of likely N-dealkylation sites (tertiary alicyclic amines) is 1. The molecule has 196 valence electrons. The topological polar surface area (TPSA) is 93.3 Å². The van der Waals surface area contributed by atoms with Crippen molar-refractivity contribution in [2.75, 3.05) is 24.5 Å². The first kappa shape index (κ1) is 24.5. The van der Waals surface area contributed by atoms with Gasteiger partial charge in [0.2, 0.25) is 0 Å². The van der Waals surface area contributed by atoms with Crippen molar-refractivity contribution in [3.05, 3.63) is 58.0 Å². The number of aromatic amines is 1. The van der Waals surface area contributed by atoms with E-state index in [-0.39, 0.29) is 17.9 Å². The summed E-state index contributed by atoms with van der Waals surface area (Å²) >= 11 is 0. The highest BCUT2D eigenvalue weighted by atomic mass is 16.2. The number of anilines is 1. The summed E-state index contributed by atoms with van der Waals surface area (Å²) in [5, 5.41) is 15.5. The number of amides is 1. The van der Waals surface area contributed by atoms with Crippen LogP contribution in [0.25, 0.3) is 16.6 Å². The van der Waals surface area contributed by atoms with Gasteiger partial charge in [-0.1, -0.05) is 19.1 Å². The van der Waals surface area contributed by atoms with E-state index in [4.69, 9.17) is 10.1 Å². The van der Waals surface area contributed by atoms with Crippen LogP contribution >= 0.6 is 0 Å². The van der Waals surface area contributed by atoms with Gasteiger partial charge in [0.05, 0.1) is 23.7 Å². The molecule has 0 unspecified atom stereocenters. The minimum Gasteiger partial charge on any atom is -0.355 e. The van der Waals surface area contributed by atoms with Crippen LogP contribution < -0.4 is 4.90 Å². The Morgan fingerprint density at radius 1 is 1.11 bits per heavy atom. The predicted molar refractivity (Wildman–Crippen MR) is 148 cm³/mol. The monoisotopic (exact) mass is 509 g/mol. The van der Waals surface area contributed by atoms with Crippen LogP contribution in [0.3, 0.4) is 0 Å². The van der Waals surface area contributed by atoms with E-state index in [2.05, 4.69) is 48.9 Å². The number of carbonyl (C=O) groups is 1. The number of fused-ring (bicyclic) bond motifs is 2. The molecule has 3 atom stereocenters. The average molecular weight is 510 g/mol. The number of aryl methyl sites for hydroxylation is 4. The third-order valence-corrected chi connectivity index (χ3v) is 8.64. The number of nitrogens with zero attached hydrogens (tertiary/aromatic N) is 6. The molecular weight excluding hydrogens is 474 g/mol. The van der Waals surface area contributed by atoms with Gasteiger partial charge >= 0.3 is 0 Å². The van der Waals surface area contributed by atoms with Crippen molar-refractivity contribution in [1.82, 2.24) is 24.5 Å². The van der Waals surface area contributed by atoms with Crippen molar-refractivity contribution >= 4 is 28.3 Å².